The lowest BCUT2D eigenvalue weighted by Gasteiger charge is -2.17. The highest BCUT2D eigenvalue weighted by Crippen LogP contribution is 2.37. The molecule has 0 aliphatic carbocycles. The Morgan fingerprint density at radius 1 is 1.50 bits per heavy atom. The maximum atomic E-state index is 6.20. The topological polar surface area (TPSA) is 47.3 Å². The molecule has 0 bridgehead atoms. The van der Waals surface area contributed by atoms with E-state index < -0.39 is 0 Å². The SMILES string of the molecule is NNC(Cc1cc(Cl)cc2c1OCC2)c1sccc1Br. The van der Waals surface area contributed by atoms with Crippen molar-refractivity contribution in [2.24, 2.45) is 5.84 Å². The molecule has 3 nitrogen and oxygen atoms in total. The fourth-order valence-electron chi connectivity index (χ4n) is 2.50. The second-order valence-electron chi connectivity index (χ2n) is 4.71. The summed E-state index contributed by atoms with van der Waals surface area (Å²) in [4.78, 5) is 1.18. The molecule has 106 valence electrons. The lowest BCUT2D eigenvalue weighted by Crippen LogP contribution is -2.29. The van der Waals surface area contributed by atoms with E-state index in [1.807, 2.05) is 23.6 Å². The summed E-state index contributed by atoms with van der Waals surface area (Å²) in [5.74, 6) is 6.70. The van der Waals surface area contributed by atoms with Gasteiger partial charge in [-0.15, -0.1) is 11.3 Å². The summed E-state index contributed by atoms with van der Waals surface area (Å²) < 4.78 is 6.82. The fraction of sp³-hybridized carbons (Fsp3) is 0.286. The van der Waals surface area contributed by atoms with Crippen LogP contribution in [-0.2, 0) is 12.8 Å². The van der Waals surface area contributed by atoms with Crippen LogP contribution in [0.15, 0.2) is 28.1 Å². The first-order valence-corrected chi connectivity index (χ1v) is 8.37. The van der Waals surface area contributed by atoms with E-state index in [9.17, 15) is 0 Å². The van der Waals surface area contributed by atoms with Gasteiger partial charge in [0.25, 0.3) is 0 Å². The lowest BCUT2D eigenvalue weighted by molar-refractivity contribution is 0.351. The van der Waals surface area contributed by atoms with E-state index in [0.717, 1.165) is 40.3 Å². The summed E-state index contributed by atoms with van der Waals surface area (Å²) in [5.41, 5.74) is 5.18. The average molecular weight is 374 g/mol. The molecule has 0 saturated heterocycles. The van der Waals surface area contributed by atoms with Gasteiger partial charge >= 0.3 is 0 Å². The Hall–Kier alpha value is -0.590. The first-order valence-electron chi connectivity index (χ1n) is 6.32. The zero-order chi connectivity index (χ0) is 14.1. The van der Waals surface area contributed by atoms with Gasteiger partial charge in [-0.25, -0.2) is 0 Å². The molecule has 3 rings (SSSR count). The normalized spacial score (nSPS) is 14.9. The Balaban J connectivity index is 1.92. The largest absolute Gasteiger partial charge is 0.493 e. The maximum absolute atomic E-state index is 6.20. The van der Waals surface area contributed by atoms with E-state index in [1.54, 1.807) is 11.3 Å². The standard InChI is InChI=1S/C14H14BrClN2OS/c15-11-2-4-20-14(11)12(18-17)7-9-6-10(16)5-8-1-3-19-13(8)9/h2,4-6,12,18H,1,3,7,17H2. The number of fused-ring (bicyclic) bond motifs is 1. The third-order valence-corrected chi connectivity index (χ3v) is 5.61. The Kier molecular flexibility index (Phi) is 4.33. The van der Waals surface area contributed by atoms with Gasteiger partial charge in [0.2, 0.25) is 0 Å². The van der Waals surface area contributed by atoms with Crippen molar-refractivity contribution in [1.82, 2.24) is 5.43 Å². The summed E-state index contributed by atoms with van der Waals surface area (Å²) in [6.07, 6.45) is 1.67. The molecule has 3 N–H and O–H groups in total. The molecule has 1 unspecified atom stereocenters. The van der Waals surface area contributed by atoms with E-state index in [4.69, 9.17) is 22.2 Å². The van der Waals surface area contributed by atoms with Crippen LogP contribution in [0, 0.1) is 0 Å². The van der Waals surface area contributed by atoms with E-state index in [-0.39, 0.29) is 6.04 Å². The number of benzene rings is 1. The number of ether oxygens (including phenoxy) is 1. The van der Waals surface area contributed by atoms with Crippen LogP contribution in [0.1, 0.15) is 22.0 Å². The molecular weight excluding hydrogens is 360 g/mol. The molecule has 1 aliphatic heterocycles. The molecule has 0 saturated carbocycles. The van der Waals surface area contributed by atoms with Crippen molar-refractivity contribution in [1.29, 1.82) is 0 Å². The third kappa shape index (κ3) is 2.73. The molecule has 0 radical (unpaired) electrons. The number of halogens is 2. The highest BCUT2D eigenvalue weighted by molar-refractivity contribution is 9.10. The van der Waals surface area contributed by atoms with Crippen molar-refractivity contribution in [3.8, 4) is 5.75 Å². The fourth-order valence-corrected chi connectivity index (χ4v) is 4.47. The Bertz CT molecular complexity index is 632. The zero-order valence-electron chi connectivity index (χ0n) is 10.7. The molecule has 1 aromatic heterocycles. The van der Waals surface area contributed by atoms with Gasteiger partial charge in [-0.1, -0.05) is 11.6 Å². The molecule has 20 heavy (non-hydrogen) atoms. The number of hydrogen-bond donors (Lipinski definition) is 2. The Morgan fingerprint density at radius 2 is 2.35 bits per heavy atom. The van der Waals surface area contributed by atoms with Gasteiger partial charge in [-0.05, 0) is 57.1 Å². The number of hydrazine groups is 1. The second kappa shape index (κ2) is 6.03. The molecule has 1 aliphatic rings. The van der Waals surface area contributed by atoms with Crippen LogP contribution >= 0.6 is 38.9 Å². The van der Waals surface area contributed by atoms with Crippen LogP contribution in [0.4, 0.5) is 0 Å². The summed E-state index contributed by atoms with van der Waals surface area (Å²) in [6.45, 7) is 0.728. The minimum absolute atomic E-state index is 0.0381. The Morgan fingerprint density at radius 3 is 3.05 bits per heavy atom. The molecule has 1 aromatic carbocycles. The first kappa shape index (κ1) is 14.4. The van der Waals surface area contributed by atoms with Gasteiger partial charge in [0.1, 0.15) is 5.75 Å². The molecule has 1 atom stereocenters. The minimum Gasteiger partial charge on any atom is -0.493 e. The zero-order valence-corrected chi connectivity index (χ0v) is 13.8. The summed E-state index contributed by atoms with van der Waals surface area (Å²) in [7, 11) is 0. The second-order valence-corrected chi connectivity index (χ2v) is 6.95. The number of thiophene rings is 1. The van der Waals surface area contributed by atoms with Crippen LogP contribution in [0.25, 0.3) is 0 Å². The smallest absolute Gasteiger partial charge is 0.125 e. The summed E-state index contributed by atoms with van der Waals surface area (Å²) >= 11 is 11.4. The maximum Gasteiger partial charge on any atom is 0.125 e. The first-order chi connectivity index (χ1) is 9.69. The number of nitrogens with one attached hydrogen (secondary N) is 1. The predicted octanol–water partition coefficient (Wildman–Crippen LogP) is 3.85. The monoisotopic (exact) mass is 372 g/mol. The van der Waals surface area contributed by atoms with E-state index >= 15 is 0 Å². The van der Waals surface area contributed by atoms with Crippen molar-refractivity contribution in [3.05, 3.63) is 49.1 Å². The van der Waals surface area contributed by atoms with Gasteiger partial charge in [0.05, 0.1) is 12.6 Å². The van der Waals surface area contributed by atoms with Crippen LogP contribution in [0.3, 0.4) is 0 Å². The average Bonchev–Trinajstić information content (AvgIpc) is 3.04. The Labute approximate surface area is 135 Å². The third-order valence-electron chi connectivity index (χ3n) is 3.41. The number of hydrogen-bond acceptors (Lipinski definition) is 4. The van der Waals surface area contributed by atoms with Gasteiger partial charge in [-0.2, -0.15) is 0 Å². The molecule has 2 heterocycles. The van der Waals surface area contributed by atoms with Gasteiger partial charge in [0, 0.05) is 20.8 Å². The van der Waals surface area contributed by atoms with Crippen LogP contribution in [0.2, 0.25) is 5.02 Å². The highest BCUT2D eigenvalue weighted by Gasteiger charge is 2.22. The lowest BCUT2D eigenvalue weighted by atomic mass is 10.0. The predicted molar refractivity (Wildman–Crippen MR) is 86.4 cm³/mol. The summed E-state index contributed by atoms with van der Waals surface area (Å²) in [5, 5.41) is 2.80. The van der Waals surface area contributed by atoms with Gasteiger partial charge in [0.15, 0.2) is 0 Å². The van der Waals surface area contributed by atoms with Gasteiger partial charge in [-0.3, -0.25) is 11.3 Å². The quantitative estimate of drug-likeness (QED) is 0.632. The number of nitrogens with two attached hydrogens (primary N) is 1. The van der Waals surface area contributed by atoms with Crippen molar-refractivity contribution in [3.63, 3.8) is 0 Å². The molecule has 0 amide bonds. The highest BCUT2D eigenvalue weighted by atomic mass is 79.9. The molecule has 0 fully saturated rings. The van der Waals surface area contributed by atoms with Crippen molar-refractivity contribution < 1.29 is 4.74 Å². The number of rotatable bonds is 4. The molecule has 0 spiro atoms. The van der Waals surface area contributed by atoms with Crippen molar-refractivity contribution in [2.75, 3.05) is 6.61 Å². The molecule has 6 heteroatoms. The molecular formula is C14H14BrClN2OS. The van der Waals surface area contributed by atoms with E-state index in [0.29, 0.717) is 0 Å². The van der Waals surface area contributed by atoms with Gasteiger partial charge < -0.3 is 4.74 Å². The molecule has 2 aromatic rings. The van der Waals surface area contributed by atoms with Crippen LogP contribution in [0.5, 0.6) is 5.75 Å². The van der Waals surface area contributed by atoms with E-state index in [1.165, 1.54) is 10.4 Å². The van der Waals surface area contributed by atoms with E-state index in [2.05, 4.69) is 21.4 Å². The van der Waals surface area contributed by atoms with Crippen molar-refractivity contribution >= 4 is 38.9 Å². The van der Waals surface area contributed by atoms with Crippen LogP contribution in [-0.4, -0.2) is 6.61 Å². The summed E-state index contributed by atoms with van der Waals surface area (Å²) in [6, 6.07) is 6.02. The minimum atomic E-state index is 0.0381. The van der Waals surface area contributed by atoms with Crippen LogP contribution < -0.4 is 16.0 Å². The van der Waals surface area contributed by atoms with Crippen molar-refractivity contribution in [2.45, 2.75) is 18.9 Å².